The van der Waals surface area contributed by atoms with E-state index in [4.69, 9.17) is 28.9 Å². The van der Waals surface area contributed by atoms with Gasteiger partial charge in [-0.25, -0.2) is 0 Å². The monoisotopic (exact) mass is 456 g/mol. The Morgan fingerprint density at radius 3 is 2.58 bits per heavy atom. The molecule has 2 fully saturated rings. The molecule has 8 heteroatoms. The van der Waals surface area contributed by atoms with E-state index >= 15 is 0 Å². The Morgan fingerprint density at radius 1 is 1.06 bits per heavy atom. The number of rotatable bonds is 9. The highest BCUT2D eigenvalue weighted by Gasteiger charge is 2.47. The summed E-state index contributed by atoms with van der Waals surface area (Å²) in [6.07, 6.45) is 3.31. The molecule has 31 heavy (non-hydrogen) atoms. The number of ketones is 2. The molecule has 2 saturated heterocycles. The summed E-state index contributed by atoms with van der Waals surface area (Å²) < 4.78 is 5.82. The minimum Gasteiger partial charge on any atom is -0.461 e. The third-order valence-corrected chi connectivity index (χ3v) is 6.87. The number of Topliss-reactive ketones (excluding diaryl/α,β-unsaturated/α-hetero) is 2. The van der Waals surface area contributed by atoms with Crippen molar-refractivity contribution in [1.29, 1.82) is 0 Å². The Labute approximate surface area is 191 Å². The number of furan rings is 1. The van der Waals surface area contributed by atoms with Crippen molar-refractivity contribution in [3.8, 4) is 0 Å². The predicted molar refractivity (Wildman–Crippen MR) is 126 cm³/mol. The molecule has 0 aliphatic carbocycles. The molecule has 0 radical (unpaired) electrons. The van der Waals surface area contributed by atoms with Gasteiger partial charge in [-0.05, 0) is 25.0 Å². The average Bonchev–Trinajstić information content (AvgIpc) is 3.46. The van der Waals surface area contributed by atoms with Crippen molar-refractivity contribution in [2.75, 3.05) is 13.1 Å². The molecule has 2 aliphatic rings. The van der Waals surface area contributed by atoms with Crippen LogP contribution in [-0.2, 0) is 20.8 Å². The van der Waals surface area contributed by atoms with Crippen LogP contribution in [0.4, 0.5) is 0 Å². The second kappa shape index (κ2) is 9.56. The van der Waals surface area contributed by atoms with Gasteiger partial charge in [0.25, 0.3) is 0 Å². The minimum atomic E-state index is -0.708. The molecular formula is C23H24N2O4S2. The minimum absolute atomic E-state index is 0.0301. The third kappa shape index (κ3) is 4.57. The molecule has 2 aromatic rings. The van der Waals surface area contributed by atoms with Gasteiger partial charge in [-0.2, -0.15) is 0 Å². The molecular weight excluding hydrogens is 432 g/mol. The van der Waals surface area contributed by atoms with E-state index in [1.807, 2.05) is 30.3 Å². The van der Waals surface area contributed by atoms with E-state index in [1.54, 1.807) is 0 Å². The summed E-state index contributed by atoms with van der Waals surface area (Å²) in [5.41, 5.74) is 0.866. The van der Waals surface area contributed by atoms with Gasteiger partial charge in [0.2, 0.25) is 0 Å². The zero-order valence-corrected chi connectivity index (χ0v) is 18.6. The summed E-state index contributed by atoms with van der Waals surface area (Å²) in [5, 5.41) is 7.10. The van der Waals surface area contributed by atoms with Crippen molar-refractivity contribution < 1.29 is 18.8 Å². The molecule has 6 nitrogen and oxygen atoms in total. The molecule has 0 amide bonds. The van der Waals surface area contributed by atoms with E-state index in [-0.39, 0.29) is 11.6 Å². The lowest BCUT2D eigenvalue weighted by Gasteiger charge is -2.22. The topological polar surface area (TPSA) is 88.4 Å². The smallest absolute Gasteiger partial charge is 0.160 e. The normalized spacial score (nSPS) is 25.9. The van der Waals surface area contributed by atoms with E-state index in [0.29, 0.717) is 41.9 Å². The molecule has 4 atom stereocenters. The Balaban J connectivity index is 1.34. The maximum Gasteiger partial charge on any atom is 0.160 e. The summed E-state index contributed by atoms with van der Waals surface area (Å²) in [7, 11) is 0. The van der Waals surface area contributed by atoms with Crippen molar-refractivity contribution in [2.24, 2.45) is 11.8 Å². The summed E-state index contributed by atoms with van der Waals surface area (Å²) in [6, 6.07) is 8.56. The van der Waals surface area contributed by atoms with E-state index < -0.39 is 23.9 Å². The number of benzene rings is 1. The number of fused-ring (bicyclic) bond motifs is 1. The fraction of sp³-hybridized carbons (Fsp3) is 0.435. The van der Waals surface area contributed by atoms with Gasteiger partial charge in [0, 0.05) is 41.0 Å². The number of hydrogen-bond donors (Lipinski definition) is 2. The fourth-order valence-electron chi connectivity index (χ4n) is 4.47. The highest BCUT2D eigenvalue weighted by Crippen LogP contribution is 2.25. The molecule has 2 N–H and O–H groups in total. The van der Waals surface area contributed by atoms with Crippen molar-refractivity contribution >= 4 is 63.0 Å². The number of para-hydroxylation sites is 1. The summed E-state index contributed by atoms with van der Waals surface area (Å²) >= 11 is 10.7. The number of nitrogens with one attached hydrogen (secondary N) is 2. The van der Waals surface area contributed by atoms with Crippen LogP contribution >= 0.6 is 24.4 Å². The van der Waals surface area contributed by atoms with E-state index in [0.717, 1.165) is 29.6 Å². The van der Waals surface area contributed by atoms with Crippen LogP contribution in [0.3, 0.4) is 0 Å². The van der Waals surface area contributed by atoms with Crippen LogP contribution in [0.15, 0.2) is 34.7 Å². The Hall–Kier alpha value is -2.13. The zero-order valence-electron chi connectivity index (χ0n) is 17.0. The number of carbonyl (C=O) groups is 3. The highest BCUT2D eigenvalue weighted by molar-refractivity contribution is 7.80. The van der Waals surface area contributed by atoms with Gasteiger partial charge in [0.1, 0.15) is 23.4 Å². The van der Waals surface area contributed by atoms with Gasteiger partial charge < -0.3 is 19.8 Å². The first-order valence-corrected chi connectivity index (χ1v) is 11.3. The number of aryl methyl sites for hydroxylation is 1. The lowest BCUT2D eigenvalue weighted by Crippen LogP contribution is -2.47. The molecule has 1 aromatic heterocycles. The van der Waals surface area contributed by atoms with Crippen LogP contribution in [-0.4, -0.2) is 52.8 Å². The predicted octanol–water partition coefficient (Wildman–Crippen LogP) is 2.40. The lowest BCUT2D eigenvalue weighted by molar-refractivity contribution is -0.129. The second-order valence-corrected chi connectivity index (χ2v) is 9.16. The first-order valence-electron chi connectivity index (χ1n) is 10.5. The largest absolute Gasteiger partial charge is 0.461 e. The molecule has 162 valence electrons. The summed E-state index contributed by atoms with van der Waals surface area (Å²) in [5.74, 6) is -0.661. The summed E-state index contributed by atoms with van der Waals surface area (Å²) in [6.45, 7) is 0.701. The molecule has 2 unspecified atom stereocenters. The van der Waals surface area contributed by atoms with E-state index in [1.165, 1.54) is 0 Å². The van der Waals surface area contributed by atoms with Gasteiger partial charge in [-0.15, -0.1) is 0 Å². The van der Waals surface area contributed by atoms with Crippen molar-refractivity contribution in [3.63, 3.8) is 0 Å². The van der Waals surface area contributed by atoms with Crippen LogP contribution in [0, 0.1) is 11.8 Å². The number of aldehydes is 1. The molecule has 1 aromatic carbocycles. The molecule has 0 bridgehead atoms. The lowest BCUT2D eigenvalue weighted by atomic mass is 9.83. The van der Waals surface area contributed by atoms with Crippen LogP contribution in [0.5, 0.6) is 0 Å². The van der Waals surface area contributed by atoms with Crippen LogP contribution < -0.4 is 10.6 Å². The first-order chi connectivity index (χ1) is 15.0. The van der Waals surface area contributed by atoms with Crippen molar-refractivity contribution in [1.82, 2.24) is 10.6 Å². The number of carbonyl (C=O) groups excluding carboxylic acids is 3. The molecule has 3 heterocycles. The number of thiocarbonyl (C=S) groups is 2. The number of hydrogen-bond acceptors (Lipinski definition) is 8. The van der Waals surface area contributed by atoms with Crippen LogP contribution in [0.1, 0.15) is 25.0 Å². The Bertz CT molecular complexity index is 1010. The maximum atomic E-state index is 13.1. The van der Waals surface area contributed by atoms with Gasteiger partial charge in [-0.1, -0.05) is 42.6 Å². The zero-order chi connectivity index (χ0) is 22.0. The van der Waals surface area contributed by atoms with E-state index in [2.05, 4.69) is 10.6 Å². The van der Waals surface area contributed by atoms with Crippen molar-refractivity contribution in [3.05, 3.63) is 36.1 Å². The van der Waals surface area contributed by atoms with Crippen LogP contribution in [0.2, 0.25) is 0 Å². The first kappa shape index (κ1) is 22.1. The number of unbranched alkanes of at least 4 members (excludes halogenated alkanes) is 1. The summed E-state index contributed by atoms with van der Waals surface area (Å²) in [4.78, 5) is 38.4. The molecule has 2 aliphatic heterocycles. The fourth-order valence-corrected chi connectivity index (χ4v) is 5.17. The van der Waals surface area contributed by atoms with Gasteiger partial charge in [0.15, 0.2) is 5.78 Å². The molecule has 0 spiro atoms. The van der Waals surface area contributed by atoms with Crippen LogP contribution in [0.25, 0.3) is 11.0 Å². The Kier molecular flexibility index (Phi) is 6.81. The SMILES string of the molecule is O=C[C@H]1NCC(=S)C1C(=O)[C@H]1NCC(=S)C1C(=O)CCCCc1cc2ccccc2o1. The van der Waals surface area contributed by atoms with Gasteiger partial charge in [0.05, 0.1) is 23.9 Å². The average molecular weight is 457 g/mol. The highest BCUT2D eigenvalue weighted by atomic mass is 32.1. The van der Waals surface area contributed by atoms with Gasteiger partial charge >= 0.3 is 0 Å². The molecule has 0 saturated carbocycles. The Morgan fingerprint density at radius 2 is 1.81 bits per heavy atom. The van der Waals surface area contributed by atoms with Crippen molar-refractivity contribution in [2.45, 2.75) is 37.8 Å². The van der Waals surface area contributed by atoms with Gasteiger partial charge in [-0.3, -0.25) is 9.59 Å². The standard InChI is InChI=1S/C23H24N2O4S2/c26-12-15-20(18(30)10-24-15)23(28)22-21(19(31)11-25-22)16(27)7-3-2-6-14-9-13-5-1-4-8-17(13)29-14/h1,4-5,8-9,12,15,20-22,24-25H,2-3,6-7,10-11H2/t15-,20?,21?,22+/m1/s1. The second-order valence-electron chi connectivity index (χ2n) is 8.12. The third-order valence-electron chi connectivity index (χ3n) is 6.07. The molecule has 4 rings (SSSR count). The quantitative estimate of drug-likeness (QED) is 0.338. The van der Waals surface area contributed by atoms with E-state index in [9.17, 15) is 14.4 Å². The maximum absolute atomic E-state index is 13.1.